The molecule has 100 valence electrons. The van der Waals surface area contributed by atoms with Crippen LogP contribution in [0, 0.1) is 6.92 Å². The Morgan fingerprint density at radius 2 is 2.28 bits per heavy atom. The molecule has 4 nitrogen and oxygen atoms in total. The number of aliphatic hydroxyl groups excluding tert-OH is 1. The molecule has 0 amide bonds. The lowest BCUT2D eigenvalue weighted by Crippen LogP contribution is -2.26. The molecule has 1 aromatic rings. The van der Waals surface area contributed by atoms with Crippen LogP contribution in [0.4, 0.5) is 5.95 Å². The average Bonchev–Trinajstić information content (AvgIpc) is 2.63. The Balaban J connectivity index is 2.09. The second-order valence-corrected chi connectivity index (χ2v) is 5.85. The topological polar surface area (TPSA) is 49.2 Å². The molecule has 1 saturated heterocycles. The molecule has 0 saturated carbocycles. The second-order valence-electron chi connectivity index (χ2n) is 4.71. The molecule has 0 bridgehead atoms. The highest BCUT2D eigenvalue weighted by Gasteiger charge is 2.18. The first-order valence-corrected chi connectivity index (χ1v) is 7.74. The molecule has 5 heteroatoms. The van der Waals surface area contributed by atoms with E-state index in [1.165, 1.54) is 19.3 Å². The van der Waals surface area contributed by atoms with E-state index in [1.807, 2.05) is 18.7 Å². The molecule has 1 aliphatic rings. The van der Waals surface area contributed by atoms with Gasteiger partial charge in [0.05, 0.1) is 6.61 Å². The minimum atomic E-state index is 0.0145. The molecule has 18 heavy (non-hydrogen) atoms. The van der Waals surface area contributed by atoms with E-state index in [0.29, 0.717) is 0 Å². The minimum Gasteiger partial charge on any atom is -0.392 e. The van der Waals surface area contributed by atoms with Gasteiger partial charge in [0, 0.05) is 35.8 Å². The molecular weight excluding hydrogens is 246 g/mol. The molecule has 2 heterocycles. The quantitative estimate of drug-likeness (QED) is 0.907. The van der Waals surface area contributed by atoms with Gasteiger partial charge in [0.15, 0.2) is 0 Å². The molecule has 2 rings (SSSR count). The van der Waals surface area contributed by atoms with E-state index in [1.54, 1.807) is 6.20 Å². The van der Waals surface area contributed by atoms with E-state index in [2.05, 4.69) is 21.1 Å². The Labute approximate surface area is 113 Å². The highest BCUT2D eigenvalue weighted by atomic mass is 32.2. The van der Waals surface area contributed by atoms with Crippen molar-refractivity contribution < 1.29 is 5.11 Å². The zero-order valence-electron chi connectivity index (χ0n) is 11.1. The van der Waals surface area contributed by atoms with Crippen LogP contribution in [-0.4, -0.2) is 39.7 Å². The van der Waals surface area contributed by atoms with E-state index >= 15 is 0 Å². The lowest BCUT2D eigenvalue weighted by atomic mass is 10.2. The number of nitrogens with zero attached hydrogens (tertiary/aromatic N) is 3. The smallest absolute Gasteiger partial charge is 0.225 e. The van der Waals surface area contributed by atoms with Crippen LogP contribution in [0.25, 0.3) is 0 Å². The van der Waals surface area contributed by atoms with Crippen molar-refractivity contribution in [2.24, 2.45) is 0 Å². The number of thioether (sulfide) groups is 1. The number of aromatic nitrogens is 2. The fourth-order valence-electron chi connectivity index (χ4n) is 2.29. The van der Waals surface area contributed by atoms with Gasteiger partial charge < -0.3 is 10.0 Å². The van der Waals surface area contributed by atoms with Gasteiger partial charge in [-0.25, -0.2) is 9.97 Å². The summed E-state index contributed by atoms with van der Waals surface area (Å²) in [7, 11) is 0. The number of aliphatic hydroxyl groups is 1. The van der Waals surface area contributed by atoms with Crippen LogP contribution in [-0.2, 0) is 6.61 Å². The van der Waals surface area contributed by atoms with E-state index in [4.69, 9.17) is 5.11 Å². The van der Waals surface area contributed by atoms with Crippen LogP contribution < -0.4 is 4.90 Å². The van der Waals surface area contributed by atoms with Gasteiger partial charge in [0.1, 0.15) is 0 Å². The fraction of sp³-hybridized carbons (Fsp3) is 0.692. The molecule has 0 aromatic carbocycles. The van der Waals surface area contributed by atoms with Crippen LogP contribution in [0.2, 0.25) is 0 Å². The monoisotopic (exact) mass is 267 g/mol. The number of anilines is 1. The van der Waals surface area contributed by atoms with Gasteiger partial charge in [-0.1, -0.05) is 0 Å². The lowest BCUT2D eigenvalue weighted by molar-refractivity contribution is 0.280. The maximum atomic E-state index is 9.13. The molecule has 0 aliphatic carbocycles. The molecule has 0 spiro atoms. The zero-order chi connectivity index (χ0) is 13.0. The largest absolute Gasteiger partial charge is 0.392 e. The van der Waals surface area contributed by atoms with Crippen molar-refractivity contribution in [3.63, 3.8) is 0 Å². The Bertz CT molecular complexity index is 400. The normalized spacial score (nSPS) is 20.8. The van der Waals surface area contributed by atoms with E-state index in [-0.39, 0.29) is 6.61 Å². The summed E-state index contributed by atoms with van der Waals surface area (Å²) in [6, 6.07) is 0. The van der Waals surface area contributed by atoms with Crippen LogP contribution >= 0.6 is 11.8 Å². The number of aryl methyl sites for hydroxylation is 1. The lowest BCUT2D eigenvalue weighted by Gasteiger charge is -2.21. The van der Waals surface area contributed by atoms with Crippen molar-refractivity contribution in [2.75, 3.05) is 24.2 Å². The van der Waals surface area contributed by atoms with Crippen molar-refractivity contribution >= 4 is 17.7 Å². The first-order chi connectivity index (χ1) is 8.74. The molecule has 1 unspecified atom stereocenters. The summed E-state index contributed by atoms with van der Waals surface area (Å²) >= 11 is 1.96. The zero-order valence-corrected chi connectivity index (χ0v) is 11.9. The van der Waals surface area contributed by atoms with E-state index < -0.39 is 0 Å². The second kappa shape index (κ2) is 6.38. The van der Waals surface area contributed by atoms with Crippen LogP contribution in [0.3, 0.4) is 0 Å². The molecular formula is C13H21N3OS. The summed E-state index contributed by atoms with van der Waals surface area (Å²) in [6.45, 7) is 4.01. The van der Waals surface area contributed by atoms with Crippen LogP contribution in [0.15, 0.2) is 6.20 Å². The van der Waals surface area contributed by atoms with Crippen molar-refractivity contribution in [1.82, 2.24) is 9.97 Å². The minimum absolute atomic E-state index is 0.0145. The standard InChI is InChI=1S/C13H21N3OS/c1-10-11(9-17)8-14-13(15-10)16-6-3-4-12(18-2)5-7-16/h8,12,17H,3-7,9H2,1-2H3. The number of rotatable bonds is 3. The van der Waals surface area contributed by atoms with E-state index in [9.17, 15) is 0 Å². The van der Waals surface area contributed by atoms with Crippen LogP contribution in [0.5, 0.6) is 0 Å². The fourth-order valence-corrected chi connectivity index (χ4v) is 3.03. The molecule has 1 N–H and O–H groups in total. The summed E-state index contributed by atoms with van der Waals surface area (Å²) in [6.07, 6.45) is 7.62. The SMILES string of the molecule is CSC1CCCN(c2ncc(CO)c(C)n2)CC1. The number of hydrogen-bond acceptors (Lipinski definition) is 5. The molecule has 0 radical (unpaired) electrons. The van der Waals surface area contributed by atoms with Crippen molar-refractivity contribution in [3.8, 4) is 0 Å². The maximum Gasteiger partial charge on any atom is 0.225 e. The van der Waals surface area contributed by atoms with Gasteiger partial charge in [-0.05, 0) is 32.4 Å². The van der Waals surface area contributed by atoms with Crippen molar-refractivity contribution in [1.29, 1.82) is 0 Å². The Kier molecular flexibility index (Phi) is 4.83. The highest BCUT2D eigenvalue weighted by molar-refractivity contribution is 7.99. The maximum absolute atomic E-state index is 9.13. The first kappa shape index (κ1) is 13.6. The third-order valence-corrected chi connectivity index (χ3v) is 4.67. The van der Waals surface area contributed by atoms with Gasteiger partial charge >= 0.3 is 0 Å². The first-order valence-electron chi connectivity index (χ1n) is 6.45. The average molecular weight is 267 g/mol. The van der Waals surface area contributed by atoms with Crippen LogP contribution in [0.1, 0.15) is 30.5 Å². The Morgan fingerprint density at radius 1 is 1.44 bits per heavy atom. The Morgan fingerprint density at radius 3 is 2.94 bits per heavy atom. The van der Waals surface area contributed by atoms with Gasteiger partial charge in [-0.2, -0.15) is 11.8 Å². The Hall–Kier alpha value is -0.810. The van der Waals surface area contributed by atoms with E-state index in [0.717, 1.165) is 35.5 Å². The third-order valence-electron chi connectivity index (χ3n) is 3.53. The highest BCUT2D eigenvalue weighted by Crippen LogP contribution is 2.23. The van der Waals surface area contributed by atoms with Gasteiger partial charge in [0.25, 0.3) is 0 Å². The van der Waals surface area contributed by atoms with Crippen molar-refractivity contribution in [3.05, 3.63) is 17.5 Å². The van der Waals surface area contributed by atoms with Gasteiger partial charge in [0.2, 0.25) is 5.95 Å². The predicted octanol–water partition coefficient (Wildman–Crippen LogP) is 2.00. The summed E-state index contributed by atoms with van der Waals surface area (Å²) in [5.41, 5.74) is 1.70. The molecule has 1 aliphatic heterocycles. The van der Waals surface area contributed by atoms with Gasteiger partial charge in [-0.3, -0.25) is 0 Å². The summed E-state index contributed by atoms with van der Waals surface area (Å²) in [5.74, 6) is 0.812. The summed E-state index contributed by atoms with van der Waals surface area (Å²) in [5, 5.41) is 9.91. The summed E-state index contributed by atoms with van der Waals surface area (Å²) in [4.78, 5) is 11.2. The van der Waals surface area contributed by atoms with Crippen molar-refractivity contribution in [2.45, 2.75) is 38.0 Å². The number of hydrogen-bond donors (Lipinski definition) is 1. The summed E-state index contributed by atoms with van der Waals surface area (Å²) < 4.78 is 0. The molecule has 1 aromatic heterocycles. The molecule has 1 atom stereocenters. The molecule has 1 fully saturated rings. The third kappa shape index (κ3) is 3.14. The predicted molar refractivity (Wildman–Crippen MR) is 76.1 cm³/mol. The van der Waals surface area contributed by atoms with Gasteiger partial charge in [-0.15, -0.1) is 0 Å².